The molecule has 2 heteroatoms. The van der Waals surface area contributed by atoms with Crippen LogP contribution in [-0.2, 0) is 9.53 Å². The summed E-state index contributed by atoms with van der Waals surface area (Å²) in [6, 6.07) is 0. The summed E-state index contributed by atoms with van der Waals surface area (Å²) in [5.74, 6) is 0.265. The Balaban J connectivity index is 4.23. The van der Waals surface area contributed by atoms with Gasteiger partial charge in [-0.05, 0) is 24.7 Å². The second-order valence-corrected chi connectivity index (χ2v) is 5.34. The molecule has 0 aromatic carbocycles. The molecule has 0 saturated heterocycles. The van der Waals surface area contributed by atoms with Gasteiger partial charge in [-0.3, -0.25) is 4.79 Å². The molecule has 0 aromatic heterocycles. The van der Waals surface area contributed by atoms with Crippen LogP contribution in [0.2, 0.25) is 0 Å². The summed E-state index contributed by atoms with van der Waals surface area (Å²) in [5, 5.41) is 0. The first-order valence-corrected chi connectivity index (χ1v) is 6.05. The van der Waals surface area contributed by atoms with E-state index in [1.165, 1.54) is 0 Å². The number of ether oxygens (including phenoxy) is 1. The Morgan fingerprint density at radius 3 is 2.20 bits per heavy atom. The zero-order valence-corrected chi connectivity index (χ0v) is 10.9. The number of hydrogen-bond donors (Lipinski definition) is 0. The van der Waals surface area contributed by atoms with Crippen molar-refractivity contribution in [1.29, 1.82) is 0 Å². The normalized spacial score (nSPS) is 13.9. The maximum atomic E-state index is 11.8. The van der Waals surface area contributed by atoms with E-state index in [0.717, 1.165) is 19.3 Å². The molecule has 0 amide bonds. The molecular formula is C13H26O2. The van der Waals surface area contributed by atoms with Gasteiger partial charge in [0.25, 0.3) is 0 Å². The van der Waals surface area contributed by atoms with Gasteiger partial charge < -0.3 is 4.74 Å². The number of rotatable bonds is 7. The van der Waals surface area contributed by atoms with Gasteiger partial charge in [0.15, 0.2) is 5.78 Å². The van der Waals surface area contributed by atoms with Crippen molar-refractivity contribution in [2.75, 3.05) is 6.61 Å². The van der Waals surface area contributed by atoms with Crippen LogP contribution in [0.25, 0.3) is 0 Å². The molecule has 0 aromatic rings. The van der Waals surface area contributed by atoms with Crippen LogP contribution < -0.4 is 0 Å². The van der Waals surface area contributed by atoms with E-state index in [9.17, 15) is 4.79 Å². The Morgan fingerprint density at radius 2 is 1.80 bits per heavy atom. The van der Waals surface area contributed by atoms with Gasteiger partial charge in [0.05, 0.1) is 0 Å². The highest BCUT2D eigenvalue weighted by atomic mass is 16.5. The van der Waals surface area contributed by atoms with Crippen LogP contribution in [0.1, 0.15) is 60.3 Å². The molecule has 0 spiro atoms. The lowest BCUT2D eigenvalue weighted by Crippen LogP contribution is -2.29. The van der Waals surface area contributed by atoms with Crippen molar-refractivity contribution >= 4 is 5.78 Å². The summed E-state index contributed by atoms with van der Waals surface area (Å²) < 4.78 is 5.63. The standard InChI is InChI=1S/C13H26O2/c1-6-8-11(14)12(15-9-7-2)10-13(3,4)5/h12H,6-10H2,1-5H3. The second kappa shape index (κ2) is 7.00. The van der Waals surface area contributed by atoms with Gasteiger partial charge >= 0.3 is 0 Å². The zero-order chi connectivity index (χ0) is 11.9. The maximum Gasteiger partial charge on any atom is 0.161 e. The Labute approximate surface area is 94.4 Å². The van der Waals surface area contributed by atoms with Crippen LogP contribution in [0.15, 0.2) is 0 Å². The van der Waals surface area contributed by atoms with Crippen molar-refractivity contribution in [3.05, 3.63) is 0 Å². The van der Waals surface area contributed by atoms with Gasteiger partial charge in [0.2, 0.25) is 0 Å². The fourth-order valence-electron chi connectivity index (χ4n) is 1.49. The maximum absolute atomic E-state index is 11.8. The van der Waals surface area contributed by atoms with Crippen molar-refractivity contribution in [2.45, 2.75) is 66.4 Å². The highest BCUT2D eigenvalue weighted by Crippen LogP contribution is 2.23. The first-order chi connectivity index (χ1) is 6.90. The van der Waals surface area contributed by atoms with Gasteiger partial charge in [-0.25, -0.2) is 0 Å². The van der Waals surface area contributed by atoms with Gasteiger partial charge in [0, 0.05) is 13.0 Å². The molecule has 0 radical (unpaired) electrons. The third-order valence-corrected chi connectivity index (χ3v) is 2.18. The summed E-state index contributed by atoms with van der Waals surface area (Å²) in [6.45, 7) is 11.2. The summed E-state index contributed by atoms with van der Waals surface area (Å²) in [5.41, 5.74) is 0.155. The van der Waals surface area contributed by atoms with Gasteiger partial charge in [0.1, 0.15) is 6.10 Å². The molecule has 0 bridgehead atoms. The molecule has 0 aliphatic carbocycles. The van der Waals surface area contributed by atoms with E-state index in [4.69, 9.17) is 4.74 Å². The Morgan fingerprint density at radius 1 is 1.20 bits per heavy atom. The molecule has 0 fully saturated rings. The number of Topliss-reactive ketones (excluding diaryl/α,β-unsaturated/α-hetero) is 1. The fraction of sp³-hybridized carbons (Fsp3) is 0.923. The molecule has 0 heterocycles. The third kappa shape index (κ3) is 7.55. The van der Waals surface area contributed by atoms with E-state index in [-0.39, 0.29) is 17.3 Å². The van der Waals surface area contributed by atoms with E-state index >= 15 is 0 Å². The first kappa shape index (κ1) is 14.6. The van der Waals surface area contributed by atoms with Crippen LogP contribution in [0.3, 0.4) is 0 Å². The quantitative estimate of drug-likeness (QED) is 0.647. The number of carbonyl (C=O) groups is 1. The van der Waals surface area contributed by atoms with E-state index in [1.54, 1.807) is 0 Å². The average molecular weight is 214 g/mol. The van der Waals surface area contributed by atoms with E-state index < -0.39 is 0 Å². The molecule has 2 nitrogen and oxygen atoms in total. The van der Waals surface area contributed by atoms with Crippen LogP contribution >= 0.6 is 0 Å². The molecule has 0 rings (SSSR count). The fourth-order valence-corrected chi connectivity index (χ4v) is 1.49. The van der Waals surface area contributed by atoms with Crippen LogP contribution in [-0.4, -0.2) is 18.5 Å². The minimum atomic E-state index is -0.190. The van der Waals surface area contributed by atoms with Gasteiger partial charge in [-0.2, -0.15) is 0 Å². The minimum absolute atomic E-state index is 0.155. The molecule has 0 N–H and O–H groups in total. The lowest BCUT2D eigenvalue weighted by atomic mass is 9.87. The molecule has 1 unspecified atom stereocenters. The van der Waals surface area contributed by atoms with E-state index in [0.29, 0.717) is 13.0 Å². The Bertz CT molecular complexity index is 179. The highest BCUT2D eigenvalue weighted by molar-refractivity contribution is 5.83. The summed E-state index contributed by atoms with van der Waals surface area (Å²) >= 11 is 0. The SMILES string of the molecule is CCCOC(CC(C)(C)C)C(=O)CCC. The lowest BCUT2D eigenvalue weighted by molar-refractivity contribution is -0.132. The summed E-state index contributed by atoms with van der Waals surface area (Å²) in [6.07, 6.45) is 3.16. The summed E-state index contributed by atoms with van der Waals surface area (Å²) in [4.78, 5) is 11.8. The molecule has 0 aliphatic rings. The van der Waals surface area contributed by atoms with Crippen molar-refractivity contribution in [1.82, 2.24) is 0 Å². The number of ketones is 1. The first-order valence-electron chi connectivity index (χ1n) is 6.05. The van der Waals surface area contributed by atoms with Crippen molar-refractivity contribution < 1.29 is 9.53 Å². The molecule has 0 aliphatic heterocycles. The smallest absolute Gasteiger partial charge is 0.161 e. The molecule has 15 heavy (non-hydrogen) atoms. The monoisotopic (exact) mass is 214 g/mol. The van der Waals surface area contributed by atoms with Gasteiger partial charge in [-0.1, -0.05) is 34.6 Å². The van der Waals surface area contributed by atoms with Crippen LogP contribution in [0.5, 0.6) is 0 Å². The topological polar surface area (TPSA) is 26.3 Å². The summed E-state index contributed by atoms with van der Waals surface area (Å²) in [7, 11) is 0. The average Bonchev–Trinajstić information content (AvgIpc) is 2.10. The number of carbonyl (C=O) groups excluding carboxylic acids is 1. The molecular weight excluding hydrogens is 188 g/mol. The zero-order valence-electron chi connectivity index (χ0n) is 10.9. The third-order valence-electron chi connectivity index (χ3n) is 2.18. The predicted molar refractivity (Wildman–Crippen MR) is 64.0 cm³/mol. The Hall–Kier alpha value is -0.370. The van der Waals surface area contributed by atoms with Crippen molar-refractivity contribution in [3.63, 3.8) is 0 Å². The molecule has 1 atom stereocenters. The largest absolute Gasteiger partial charge is 0.370 e. The molecule has 90 valence electrons. The molecule has 0 saturated carbocycles. The predicted octanol–water partition coefficient (Wildman–Crippen LogP) is 3.59. The second-order valence-electron chi connectivity index (χ2n) is 5.34. The van der Waals surface area contributed by atoms with E-state index in [1.807, 2.05) is 6.92 Å². The van der Waals surface area contributed by atoms with Crippen molar-refractivity contribution in [2.24, 2.45) is 5.41 Å². The minimum Gasteiger partial charge on any atom is -0.370 e. The number of hydrogen-bond acceptors (Lipinski definition) is 2. The highest BCUT2D eigenvalue weighted by Gasteiger charge is 2.24. The lowest BCUT2D eigenvalue weighted by Gasteiger charge is -2.25. The van der Waals surface area contributed by atoms with Crippen molar-refractivity contribution in [3.8, 4) is 0 Å². The Kier molecular flexibility index (Phi) is 6.82. The van der Waals surface area contributed by atoms with Crippen LogP contribution in [0.4, 0.5) is 0 Å². The van der Waals surface area contributed by atoms with Crippen LogP contribution in [0, 0.1) is 5.41 Å². The van der Waals surface area contributed by atoms with Gasteiger partial charge in [-0.15, -0.1) is 0 Å². The van der Waals surface area contributed by atoms with E-state index in [2.05, 4.69) is 27.7 Å².